The van der Waals surface area contributed by atoms with Crippen LogP contribution in [0.1, 0.15) is 12.8 Å². The molecule has 0 aromatic heterocycles. The van der Waals surface area contributed by atoms with Crippen molar-refractivity contribution in [2.75, 3.05) is 13.2 Å². The van der Waals surface area contributed by atoms with E-state index in [4.69, 9.17) is 5.11 Å². The Morgan fingerprint density at radius 1 is 1.35 bits per heavy atom. The number of para-hydroxylation sites is 1. The van der Waals surface area contributed by atoms with E-state index in [1.807, 2.05) is 0 Å². The molecule has 1 aromatic carbocycles. The van der Waals surface area contributed by atoms with E-state index in [2.05, 4.69) is 0 Å². The molecule has 94 valence electrons. The van der Waals surface area contributed by atoms with Crippen molar-refractivity contribution < 1.29 is 18.6 Å². The molecular formula is C11H15NO4S. The van der Waals surface area contributed by atoms with Gasteiger partial charge in [0.1, 0.15) is 10.6 Å². The first kappa shape index (κ1) is 12.3. The molecular weight excluding hydrogens is 242 g/mol. The Morgan fingerprint density at radius 3 is 2.71 bits per heavy atom. The summed E-state index contributed by atoms with van der Waals surface area (Å²) in [6, 6.07) is 5.48. The molecule has 5 nitrogen and oxygen atoms in total. The zero-order valence-corrected chi connectivity index (χ0v) is 10.1. The number of hydrogen-bond donors (Lipinski definition) is 2. The number of phenols is 1. The molecule has 1 aliphatic heterocycles. The first-order valence-electron chi connectivity index (χ1n) is 5.48. The predicted molar refractivity (Wildman–Crippen MR) is 62.1 cm³/mol. The molecule has 1 aliphatic rings. The van der Waals surface area contributed by atoms with Crippen molar-refractivity contribution in [1.29, 1.82) is 0 Å². The van der Waals surface area contributed by atoms with Gasteiger partial charge in [-0.15, -0.1) is 0 Å². The summed E-state index contributed by atoms with van der Waals surface area (Å²) in [7, 11) is -3.71. The highest BCUT2D eigenvalue weighted by atomic mass is 32.2. The molecule has 2 rings (SSSR count). The van der Waals surface area contributed by atoms with Crippen molar-refractivity contribution in [3.05, 3.63) is 24.3 Å². The first-order chi connectivity index (χ1) is 8.07. The van der Waals surface area contributed by atoms with Gasteiger partial charge in [-0.05, 0) is 25.0 Å². The third-order valence-electron chi connectivity index (χ3n) is 2.99. The second-order valence-corrected chi connectivity index (χ2v) is 5.92. The van der Waals surface area contributed by atoms with Gasteiger partial charge in [-0.3, -0.25) is 0 Å². The van der Waals surface area contributed by atoms with Crippen LogP contribution in [0.15, 0.2) is 29.2 Å². The fourth-order valence-electron chi connectivity index (χ4n) is 2.11. The van der Waals surface area contributed by atoms with Gasteiger partial charge in [-0.2, -0.15) is 4.31 Å². The van der Waals surface area contributed by atoms with Gasteiger partial charge in [-0.1, -0.05) is 12.1 Å². The molecule has 1 atom stereocenters. The smallest absolute Gasteiger partial charge is 0.247 e. The number of nitrogens with zero attached hydrogens (tertiary/aromatic N) is 1. The van der Waals surface area contributed by atoms with Crippen molar-refractivity contribution >= 4 is 10.0 Å². The number of aromatic hydroxyl groups is 1. The van der Waals surface area contributed by atoms with E-state index in [-0.39, 0.29) is 23.3 Å². The summed E-state index contributed by atoms with van der Waals surface area (Å²) in [5.74, 6) is -0.254. The van der Waals surface area contributed by atoms with E-state index in [1.54, 1.807) is 12.1 Å². The highest BCUT2D eigenvalue weighted by Gasteiger charge is 2.35. The summed E-state index contributed by atoms with van der Waals surface area (Å²) >= 11 is 0. The lowest BCUT2D eigenvalue weighted by Crippen LogP contribution is -2.37. The fourth-order valence-corrected chi connectivity index (χ4v) is 3.88. The molecule has 0 amide bonds. The standard InChI is InChI=1S/C11H15NO4S/c13-8-9-4-3-7-12(9)17(15,16)11-6-2-1-5-10(11)14/h1-2,5-6,9,13-14H,3-4,7-8H2. The van der Waals surface area contributed by atoms with Crippen molar-refractivity contribution in [3.8, 4) is 5.75 Å². The normalized spacial score (nSPS) is 21.8. The summed E-state index contributed by atoms with van der Waals surface area (Å²) in [5.41, 5.74) is 0. The third kappa shape index (κ3) is 2.15. The van der Waals surface area contributed by atoms with Crippen LogP contribution in [0.5, 0.6) is 5.75 Å². The van der Waals surface area contributed by atoms with E-state index >= 15 is 0 Å². The Morgan fingerprint density at radius 2 is 2.06 bits per heavy atom. The first-order valence-corrected chi connectivity index (χ1v) is 6.92. The minimum atomic E-state index is -3.71. The van der Waals surface area contributed by atoms with Crippen LogP contribution in [0.4, 0.5) is 0 Å². The Balaban J connectivity index is 2.40. The lowest BCUT2D eigenvalue weighted by Gasteiger charge is -2.22. The maximum atomic E-state index is 12.3. The van der Waals surface area contributed by atoms with Crippen LogP contribution in [0.3, 0.4) is 0 Å². The van der Waals surface area contributed by atoms with Gasteiger partial charge in [0.25, 0.3) is 0 Å². The average Bonchev–Trinajstić information content (AvgIpc) is 2.78. The Bertz CT molecular complexity index is 500. The van der Waals surface area contributed by atoms with Crippen LogP contribution in [0, 0.1) is 0 Å². The minimum absolute atomic E-state index is 0.0969. The van der Waals surface area contributed by atoms with E-state index in [1.165, 1.54) is 16.4 Å². The molecule has 0 radical (unpaired) electrons. The number of rotatable bonds is 3. The molecule has 1 heterocycles. The Kier molecular flexibility index (Phi) is 3.37. The van der Waals surface area contributed by atoms with Gasteiger partial charge in [0.2, 0.25) is 10.0 Å². The highest BCUT2D eigenvalue weighted by Crippen LogP contribution is 2.30. The fraction of sp³-hybridized carbons (Fsp3) is 0.455. The second kappa shape index (κ2) is 4.64. The van der Waals surface area contributed by atoms with Gasteiger partial charge in [-0.25, -0.2) is 8.42 Å². The number of aliphatic hydroxyl groups excluding tert-OH is 1. The molecule has 2 N–H and O–H groups in total. The average molecular weight is 257 g/mol. The molecule has 1 fully saturated rings. The summed E-state index contributed by atoms with van der Waals surface area (Å²) in [6.45, 7) is 0.203. The topological polar surface area (TPSA) is 77.8 Å². The van der Waals surface area contributed by atoms with Gasteiger partial charge >= 0.3 is 0 Å². The van der Waals surface area contributed by atoms with Gasteiger partial charge in [0.15, 0.2) is 0 Å². The molecule has 17 heavy (non-hydrogen) atoms. The molecule has 0 saturated carbocycles. The summed E-state index contributed by atoms with van der Waals surface area (Å²) < 4.78 is 25.8. The quantitative estimate of drug-likeness (QED) is 0.828. The SMILES string of the molecule is O=S(=O)(c1ccccc1O)N1CCCC1CO. The van der Waals surface area contributed by atoms with Crippen molar-refractivity contribution in [2.45, 2.75) is 23.8 Å². The van der Waals surface area contributed by atoms with Crippen LogP contribution >= 0.6 is 0 Å². The predicted octanol–water partition coefficient (Wildman–Crippen LogP) is 0.538. The maximum Gasteiger partial charge on any atom is 0.247 e. The van der Waals surface area contributed by atoms with Crippen LogP contribution < -0.4 is 0 Å². The van der Waals surface area contributed by atoms with E-state index < -0.39 is 10.0 Å². The van der Waals surface area contributed by atoms with E-state index in [9.17, 15) is 13.5 Å². The van der Waals surface area contributed by atoms with Crippen LogP contribution in [-0.4, -0.2) is 42.1 Å². The van der Waals surface area contributed by atoms with Crippen molar-refractivity contribution in [3.63, 3.8) is 0 Å². The summed E-state index contributed by atoms with van der Waals surface area (Å²) in [6.07, 6.45) is 1.39. The lowest BCUT2D eigenvalue weighted by molar-refractivity contribution is 0.213. The monoisotopic (exact) mass is 257 g/mol. The van der Waals surface area contributed by atoms with Crippen molar-refractivity contribution in [2.24, 2.45) is 0 Å². The Hall–Kier alpha value is -1.11. The second-order valence-electron chi connectivity index (χ2n) is 4.06. The third-order valence-corrected chi connectivity index (χ3v) is 4.98. The van der Waals surface area contributed by atoms with Gasteiger partial charge < -0.3 is 10.2 Å². The molecule has 1 saturated heterocycles. The Labute approximate surface area is 100 Å². The molecule has 1 aromatic rings. The number of phenolic OH excluding ortho intramolecular Hbond substituents is 1. The van der Waals surface area contributed by atoms with E-state index in [0.717, 1.165) is 6.42 Å². The molecule has 0 spiro atoms. The molecule has 1 unspecified atom stereocenters. The summed E-state index contributed by atoms with van der Waals surface area (Å²) in [4.78, 5) is -0.0969. The number of benzene rings is 1. The van der Waals surface area contributed by atoms with Crippen molar-refractivity contribution in [1.82, 2.24) is 4.31 Å². The zero-order chi connectivity index (χ0) is 12.5. The minimum Gasteiger partial charge on any atom is -0.507 e. The largest absolute Gasteiger partial charge is 0.507 e. The lowest BCUT2D eigenvalue weighted by atomic mass is 10.2. The van der Waals surface area contributed by atoms with Crippen LogP contribution in [0.2, 0.25) is 0 Å². The number of hydrogen-bond acceptors (Lipinski definition) is 4. The number of aliphatic hydroxyl groups is 1. The van der Waals surface area contributed by atoms with Crippen LogP contribution in [0.25, 0.3) is 0 Å². The zero-order valence-electron chi connectivity index (χ0n) is 9.28. The van der Waals surface area contributed by atoms with Crippen LogP contribution in [-0.2, 0) is 10.0 Å². The molecule has 0 aliphatic carbocycles. The molecule has 0 bridgehead atoms. The summed E-state index contributed by atoms with van der Waals surface area (Å²) in [5, 5.41) is 18.7. The maximum absolute atomic E-state index is 12.3. The number of sulfonamides is 1. The van der Waals surface area contributed by atoms with E-state index in [0.29, 0.717) is 13.0 Å². The van der Waals surface area contributed by atoms with Gasteiger partial charge in [0.05, 0.1) is 6.61 Å². The molecule has 6 heteroatoms. The van der Waals surface area contributed by atoms with Gasteiger partial charge in [0, 0.05) is 12.6 Å². The highest BCUT2D eigenvalue weighted by molar-refractivity contribution is 7.89.